The van der Waals surface area contributed by atoms with Gasteiger partial charge >= 0.3 is 0 Å². The zero-order chi connectivity index (χ0) is 23.5. The second kappa shape index (κ2) is 12.0. The fraction of sp³-hybridized carbons (Fsp3) is 0.185. The Kier molecular flexibility index (Phi) is 8.49. The lowest BCUT2D eigenvalue weighted by Crippen LogP contribution is -2.13. The molecule has 3 aromatic rings. The molecular formula is C27H26N2O4. The molecule has 0 fully saturated rings. The van der Waals surface area contributed by atoms with E-state index in [-0.39, 0.29) is 5.57 Å². The van der Waals surface area contributed by atoms with Crippen LogP contribution in [0.5, 0.6) is 17.2 Å². The molecule has 0 atom stereocenters. The Balaban J connectivity index is 1.76. The predicted molar refractivity (Wildman–Crippen MR) is 128 cm³/mol. The number of anilines is 1. The van der Waals surface area contributed by atoms with Crippen molar-refractivity contribution in [1.82, 2.24) is 0 Å². The highest BCUT2D eigenvalue weighted by Crippen LogP contribution is 2.30. The molecule has 0 saturated carbocycles. The van der Waals surface area contributed by atoms with Crippen molar-refractivity contribution in [2.75, 3.05) is 18.5 Å². The van der Waals surface area contributed by atoms with Crippen molar-refractivity contribution < 1.29 is 19.0 Å². The summed E-state index contributed by atoms with van der Waals surface area (Å²) in [4.78, 5) is 12.7. The SMILES string of the molecule is CCOc1cccc(NC(=O)C(C#N)=Cc2ccc(OCc3ccccc3)c(OCC)c2)c1. The van der Waals surface area contributed by atoms with Gasteiger partial charge in [0.15, 0.2) is 11.5 Å². The molecular weight excluding hydrogens is 416 g/mol. The molecule has 0 aliphatic rings. The molecule has 0 aliphatic carbocycles. The van der Waals surface area contributed by atoms with Crippen LogP contribution in [0.15, 0.2) is 78.4 Å². The highest BCUT2D eigenvalue weighted by Gasteiger charge is 2.12. The molecule has 0 aromatic heterocycles. The van der Waals surface area contributed by atoms with E-state index in [0.717, 1.165) is 5.56 Å². The van der Waals surface area contributed by atoms with E-state index in [1.54, 1.807) is 42.5 Å². The molecule has 0 radical (unpaired) electrons. The van der Waals surface area contributed by atoms with E-state index in [9.17, 15) is 10.1 Å². The first-order valence-electron chi connectivity index (χ1n) is 10.7. The van der Waals surface area contributed by atoms with E-state index in [2.05, 4.69) is 5.32 Å². The minimum absolute atomic E-state index is 0.0304. The second-order valence-electron chi connectivity index (χ2n) is 7.00. The largest absolute Gasteiger partial charge is 0.494 e. The maximum Gasteiger partial charge on any atom is 0.266 e. The summed E-state index contributed by atoms with van der Waals surface area (Å²) in [7, 11) is 0. The van der Waals surface area contributed by atoms with Gasteiger partial charge in [-0.2, -0.15) is 5.26 Å². The number of benzene rings is 3. The topological polar surface area (TPSA) is 80.6 Å². The number of ether oxygens (including phenoxy) is 3. The van der Waals surface area contributed by atoms with Crippen LogP contribution >= 0.6 is 0 Å². The Morgan fingerprint density at radius 3 is 2.42 bits per heavy atom. The van der Waals surface area contributed by atoms with Crippen molar-refractivity contribution in [1.29, 1.82) is 5.26 Å². The molecule has 0 spiro atoms. The number of carbonyl (C=O) groups is 1. The third-order valence-corrected chi connectivity index (χ3v) is 4.58. The van der Waals surface area contributed by atoms with Crippen LogP contribution in [0.25, 0.3) is 6.08 Å². The standard InChI is InChI=1S/C27H26N2O4/c1-3-31-24-12-8-11-23(17-24)29-27(30)22(18-28)15-21-13-14-25(26(16-21)32-4-2)33-19-20-9-6-5-7-10-20/h5-17H,3-4,19H2,1-2H3,(H,29,30). The van der Waals surface area contributed by atoms with Crippen LogP contribution in [0.1, 0.15) is 25.0 Å². The monoisotopic (exact) mass is 442 g/mol. The van der Waals surface area contributed by atoms with Gasteiger partial charge in [-0.05, 0) is 55.3 Å². The lowest BCUT2D eigenvalue weighted by molar-refractivity contribution is -0.112. The van der Waals surface area contributed by atoms with E-state index in [4.69, 9.17) is 14.2 Å². The zero-order valence-electron chi connectivity index (χ0n) is 18.7. The molecule has 3 aromatic carbocycles. The summed E-state index contributed by atoms with van der Waals surface area (Å²) in [5, 5.41) is 12.3. The Hall–Kier alpha value is -4.24. The van der Waals surface area contributed by atoms with Crippen LogP contribution < -0.4 is 19.5 Å². The van der Waals surface area contributed by atoms with Crippen molar-refractivity contribution in [2.45, 2.75) is 20.5 Å². The quantitative estimate of drug-likeness (QED) is 0.326. The fourth-order valence-electron chi connectivity index (χ4n) is 3.08. The molecule has 1 N–H and O–H groups in total. The Morgan fingerprint density at radius 1 is 0.909 bits per heavy atom. The van der Waals surface area contributed by atoms with Gasteiger partial charge in [0.25, 0.3) is 5.91 Å². The molecule has 3 rings (SSSR count). The third kappa shape index (κ3) is 6.88. The number of nitrogens with one attached hydrogen (secondary N) is 1. The number of amides is 1. The van der Waals surface area contributed by atoms with Crippen LogP contribution in [0.4, 0.5) is 5.69 Å². The minimum Gasteiger partial charge on any atom is -0.494 e. The predicted octanol–water partition coefficient (Wildman–Crippen LogP) is 5.61. The summed E-state index contributed by atoms with van der Waals surface area (Å²) in [5.74, 6) is 1.27. The molecule has 1 amide bonds. The first kappa shape index (κ1) is 23.4. The lowest BCUT2D eigenvalue weighted by Gasteiger charge is -2.13. The molecule has 33 heavy (non-hydrogen) atoms. The van der Waals surface area contributed by atoms with Crippen LogP contribution in [0.3, 0.4) is 0 Å². The van der Waals surface area contributed by atoms with Crippen molar-refractivity contribution in [3.8, 4) is 23.3 Å². The number of nitriles is 1. The number of nitrogens with zero attached hydrogens (tertiary/aromatic N) is 1. The van der Waals surface area contributed by atoms with Gasteiger partial charge < -0.3 is 19.5 Å². The molecule has 0 unspecified atom stereocenters. The van der Waals surface area contributed by atoms with Crippen LogP contribution in [-0.2, 0) is 11.4 Å². The average molecular weight is 443 g/mol. The van der Waals surface area contributed by atoms with E-state index in [0.29, 0.717) is 48.3 Å². The normalized spacial score (nSPS) is 10.8. The first-order chi connectivity index (χ1) is 16.1. The molecule has 6 heteroatoms. The molecule has 168 valence electrons. The smallest absolute Gasteiger partial charge is 0.266 e. The van der Waals surface area contributed by atoms with Gasteiger partial charge in [0.2, 0.25) is 0 Å². The summed E-state index contributed by atoms with van der Waals surface area (Å²) in [6.07, 6.45) is 1.52. The van der Waals surface area contributed by atoms with E-state index in [1.165, 1.54) is 6.08 Å². The highest BCUT2D eigenvalue weighted by atomic mass is 16.5. The van der Waals surface area contributed by atoms with E-state index >= 15 is 0 Å². The summed E-state index contributed by atoms with van der Waals surface area (Å²) in [6, 6.07) is 24.1. The van der Waals surface area contributed by atoms with Crippen molar-refractivity contribution >= 4 is 17.7 Å². The van der Waals surface area contributed by atoms with Gasteiger partial charge in [-0.3, -0.25) is 4.79 Å². The van der Waals surface area contributed by atoms with Crippen LogP contribution in [-0.4, -0.2) is 19.1 Å². The third-order valence-electron chi connectivity index (χ3n) is 4.58. The van der Waals surface area contributed by atoms with E-state index in [1.807, 2.05) is 50.2 Å². The van der Waals surface area contributed by atoms with Gasteiger partial charge in [0, 0.05) is 11.8 Å². The van der Waals surface area contributed by atoms with Crippen LogP contribution in [0, 0.1) is 11.3 Å². The van der Waals surface area contributed by atoms with Crippen molar-refractivity contribution in [3.05, 3.63) is 89.5 Å². The Bertz CT molecular complexity index is 1150. The van der Waals surface area contributed by atoms with Gasteiger partial charge in [0.05, 0.1) is 13.2 Å². The van der Waals surface area contributed by atoms with Gasteiger partial charge in [-0.25, -0.2) is 0 Å². The molecule has 0 heterocycles. The first-order valence-corrected chi connectivity index (χ1v) is 10.7. The summed E-state index contributed by atoms with van der Waals surface area (Å²) < 4.78 is 17.1. The van der Waals surface area contributed by atoms with E-state index < -0.39 is 5.91 Å². The maximum atomic E-state index is 12.7. The zero-order valence-corrected chi connectivity index (χ0v) is 18.7. The Morgan fingerprint density at radius 2 is 1.70 bits per heavy atom. The average Bonchev–Trinajstić information content (AvgIpc) is 2.83. The minimum atomic E-state index is -0.506. The van der Waals surface area contributed by atoms with Crippen molar-refractivity contribution in [3.63, 3.8) is 0 Å². The van der Waals surface area contributed by atoms with Crippen LogP contribution in [0.2, 0.25) is 0 Å². The summed E-state index contributed by atoms with van der Waals surface area (Å²) in [6.45, 7) is 5.15. The maximum absolute atomic E-state index is 12.7. The highest BCUT2D eigenvalue weighted by molar-refractivity contribution is 6.09. The Labute approximate surface area is 194 Å². The molecule has 0 aliphatic heterocycles. The van der Waals surface area contributed by atoms with Gasteiger partial charge in [-0.15, -0.1) is 0 Å². The summed E-state index contributed by atoms with van der Waals surface area (Å²) >= 11 is 0. The number of hydrogen-bond donors (Lipinski definition) is 1. The van der Waals surface area contributed by atoms with Gasteiger partial charge in [-0.1, -0.05) is 42.5 Å². The number of hydrogen-bond acceptors (Lipinski definition) is 5. The number of carbonyl (C=O) groups excluding carboxylic acids is 1. The van der Waals surface area contributed by atoms with Crippen molar-refractivity contribution in [2.24, 2.45) is 0 Å². The molecule has 0 bridgehead atoms. The second-order valence-corrected chi connectivity index (χ2v) is 7.00. The lowest BCUT2D eigenvalue weighted by atomic mass is 10.1. The van der Waals surface area contributed by atoms with Gasteiger partial charge in [0.1, 0.15) is 24.0 Å². The number of rotatable bonds is 10. The fourth-order valence-corrected chi connectivity index (χ4v) is 3.08. The molecule has 6 nitrogen and oxygen atoms in total. The molecule has 0 saturated heterocycles. The summed E-state index contributed by atoms with van der Waals surface area (Å²) in [5.41, 5.74) is 2.21.